The molecule has 0 aliphatic heterocycles. The van der Waals surface area contributed by atoms with Crippen LogP contribution in [0, 0.1) is 24.8 Å². The largest absolute Gasteiger partial charge is 0 e. The molecular formula is C35H33FGeIrN2O-2. The van der Waals surface area contributed by atoms with Crippen molar-refractivity contribution in [3.63, 3.8) is 0 Å². The maximum Gasteiger partial charge on any atom is 0 e. The molecule has 0 saturated carbocycles. The number of pyridine rings is 2. The summed E-state index contributed by atoms with van der Waals surface area (Å²) < 4.78 is 51.4. The first kappa shape index (κ1) is 25.6. The normalized spacial score (nSPS) is 13.3. The van der Waals surface area contributed by atoms with Crippen LogP contribution in [0.15, 0.2) is 89.6 Å². The molecule has 6 rings (SSSR count). The van der Waals surface area contributed by atoms with Crippen molar-refractivity contribution in [1.29, 1.82) is 0 Å². The average Bonchev–Trinajstić information content (AvgIpc) is 3.37. The van der Waals surface area contributed by atoms with Gasteiger partial charge in [0.25, 0.3) is 0 Å². The molecule has 3 nitrogen and oxygen atoms in total. The molecule has 0 saturated heterocycles. The molecule has 0 atom stereocenters. The van der Waals surface area contributed by atoms with Gasteiger partial charge in [0, 0.05) is 33.1 Å². The fraction of sp³-hybridized carbons (Fsp3) is 0.200. The van der Waals surface area contributed by atoms with E-state index < -0.39 is 26.0 Å². The summed E-state index contributed by atoms with van der Waals surface area (Å²) in [5, 5.41) is 1.56. The van der Waals surface area contributed by atoms with E-state index in [-0.39, 0.29) is 31.5 Å². The molecule has 6 heteroatoms. The second kappa shape index (κ2) is 12.8. The summed E-state index contributed by atoms with van der Waals surface area (Å²) in [7, 11) is 0. The van der Waals surface area contributed by atoms with Gasteiger partial charge in [0.05, 0.1) is 5.58 Å². The summed E-state index contributed by atoms with van der Waals surface area (Å²) in [6.45, 7) is 1.58. The van der Waals surface area contributed by atoms with Gasteiger partial charge < -0.3 is 9.40 Å². The number of benzene rings is 3. The van der Waals surface area contributed by atoms with Crippen LogP contribution in [0.2, 0.25) is 17.3 Å². The standard InChI is InChI=1S/C20H15FNO.C15H18GeN.Ir/c1-12(2)13-9-10-22-18(11-13)16-7-3-5-14-15-6-4-8-17(21)20(15)23-19(14)16;1-12-5-7-13(8-6-12)15-10-9-14(11-17-15)16(2,3)4;/h3-6,8-12H,1-2H3;5-7,9-11H,1-4H3;/q2*-1;/i12D;1D3;. The van der Waals surface area contributed by atoms with E-state index in [0.29, 0.717) is 22.4 Å². The third-order valence-electron chi connectivity index (χ3n) is 6.72. The minimum atomic E-state index is -2.08. The van der Waals surface area contributed by atoms with Gasteiger partial charge in [-0.1, -0.05) is 48.6 Å². The average molecular weight is 786 g/mol. The first-order valence-corrected chi connectivity index (χ1v) is 20.4. The Kier molecular flexibility index (Phi) is 7.99. The Morgan fingerprint density at radius 2 is 1.73 bits per heavy atom. The molecule has 0 unspecified atom stereocenters. The second-order valence-corrected chi connectivity index (χ2v) is 21.6. The van der Waals surface area contributed by atoms with Crippen LogP contribution in [0.5, 0.6) is 0 Å². The van der Waals surface area contributed by atoms with Crippen molar-refractivity contribution in [2.45, 2.75) is 43.9 Å². The molecule has 0 bridgehead atoms. The van der Waals surface area contributed by atoms with Crippen molar-refractivity contribution < 1.29 is 34.4 Å². The summed E-state index contributed by atoms with van der Waals surface area (Å²) >= 11 is -1.83. The first-order valence-electron chi connectivity index (χ1n) is 15.1. The summed E-state index contributed by atoms with van der Waals surface area (Å²) in [6.07, 6.45) is 3.62. The third kappa shape index (κ3) is 6.86. The maximum atomic E-state index is 14.0. The number of hydrogen-bond acceptors (Lipinski definition) is 3. The quantitative estimate of drug-likeness (QED) is 0.132. The number of furan rings is 1. The van der Waals surface area contributed by atoms with E-state index in [1.807, 2.05) is 50.4 Å². The summed E-state index contributed by atoms with van der Waals surface area (Å²) in [4.78, 5) is 8.88. The van der Waals surface area contributed by atoms with E-state index in [1.165, 1.54) is 16.5 Å². The molecule has 0 N–H and O–H groups in total. The van der Waals surface area contributed by atoms with Crippen molar-refractivity contribution in [3.05, 3.63) is 114 Å². The minimum Gasteiger partial charge on any atom is 0 e. The fourth-order valence-corrected chi connectivity index (χ4v) is 6.55. The molecule has 6 aromatic rings. The molecule has 0 fully saturated rings. The molecule has 41 heavy (non-hydrogen) atoms. The van der Waals surface area contributed by atoms with Crippen LogP contribution >= 0.6 is 0 Å². The van der Waals surface area contributed by atoms with Crippen molar-refractivity contribution in [1.82, 2.24) is 9.97 Å². The molecule has 211 valence electrons. The number of nitrogens with zero attached hydrogens (tertiary/aromatic N) is 2. The minimum absolute atomic E-state index is 0. The molecule has 0 aliphatic rings. The van der Waals surface area contributed by atoms with E-state index in [1.54, 1.807) is 30.5 Å². The van der Waals surface area contributed by atoms with Crippen LogP contribution in [0.3, 0.4) is 0 Å². The SMILES string of the molecule is [2H]C(C)(C)c1ccnc(-c2[c-]ccc3c2oc2c(F)cccc23)c1.[2H]C([2H])([2H])c1c[c-]c(-c2cc[c]([Ge]([CH3])([CH3])[CH3])cn2)cc1.[Ir]. The fourth-order valence-electron chi connectivity index (χ4n) is 4.38. The Balaban J connectivity index is 0.000000204. The van der Waals surface area contributed by atoms with Crippen LogP contribution < -0.4 is 4.40 Å². The molecule has 1 radical (unpaired) electrons. The molecule has 0 amide bonds. The second-order valence-electron chi connectivity index (χ2n) is 10.9. The number of fused-ring (bicyclic) bond motifs is 3. The zero-order valence-electron chi connectivity index (χ0n) is 27.6. The molecule has 3 aromatic carbocycles. The zero-order chi connectivity index (χ0) is 31.9. The van der Waals surface area contributed by atoms with Crippen molar-refractivity contribution in [2.24, 2.45) is 0 Å². The van der Waals surface area contributed by atoms with Crippen LogP contribution in [-0.2, 0) is 20.1 Å². The molecular weight excluding hydrogens is 748 g/mol. The Hall–Kier alpha value is -3.12. The van der Waals surface area contributed by atoms with Gasteiger partial charge in [-0.15, -0.1) is 18.2 Å². The maximum absolute atomic E-state index is 14.0. The van der Waals surface area contributed by atoms with Gasteiger partial charge in [0.1, 0.15) is 0 Å². The van der Waals surface area contributed by atoms with Crippen LogP contribution in [0.4, 0.5) is 4.39 Å². The monoisotopic (exact) mass is 787 g/mol. The van der Waals surface area contributed by atoms with Gasteiger partial charge in [-0.2, -0.15) is 0 Å². The van der Waals surface area contributed by atoms with E-state index >= 15 is 0 Å². The number of aromatic nitrogens is 2. The predicted octanol–water partition coefficient (Wildman–Crippen LogP) is 9.11. The van der Waals surface area contributed by atoms with E-state index in [0.717, 1.165) is 27.6 Å². The van der Waals surface area contributed by atoms with Crippen molar-refractivity contribution in [2.75, 3.05) is 0 Å². The number of halogens is 1. The van der Waals surface area contributed by atoms with Gasteiger partial charge in [0.2, 0.25) is 0 Å². The Morgan fingerprint density at radius 3 is 2.39 bits per heavy atom. The third-order valence-corrected chi connectivity index (χ3v) is 11.0. The van der Waals surface area contributed by atoms with E-state index in [2.05, 4.69) is 45.4 Å². The molecule has 3 heterocycles. The first-order chi connectivity index (χ1) is 20.6. The van der Waals surface area contributed by atoms with Gasteiger partial charge in [-0.25, -0.2) is 4.39 Å². The molecule has 3 aromatic heterocycles. The Bertz CT molecular complexity index is 1870. The topological polar surface area (TPSA) is 38.9 Å². The molecule has 0 aliphatic carbocycles. The van der Waals surface area contributed by atoms with E-state index in [4.69, 9.17) is 9.90 Å². The Morgan fingerprint density at radius 1 is 0.927 bits per heavy atom. The van der Waals surface area contributed by atoms with Crippen LogP contribution in [0.25, 0.3) is 44.5 Å². The smallest absolute Gasteiger partial charge is 0 e. The number of aryl methyl sites for hydroxylation is 1. The zero-order valence-corrected chi connectivity index (χ0v) is 28.1. The van der Waals surface area contributed by atoms with E-state index in [9.17, 15) is 4.39 Å². The van der Waals surface area contributed by atoms with Crippen LogP contribution in [0.1, 0.15) is 36.4 Å². The van der Waals surface area contributed by atoms with Gasteiger partial charge >= 0.3 is 110 Å². The number of hydrogen-bond donors (Lipinski definition) is 0. The summed E-state index contributed by atoms with van der Waals surface area (Å²) in [5.41, 5.74) is 4.95. The number of para-hydroxylation sites is 1. The van der Waals surface area contributed by atoms with Gasteiger partial charge in [0.15, 0.2) is 11.4 Å². The summed E-state index contributed by atoms with van der Waals surface area (Å²) in [5.74, 6) is 5.87. The Labute approximate surface area is 263 Å². The number of rotatable bonds is 4. The van der Waals surface area contributed by atoms with Crippen molar-refractivity contribution >= 4 is 39.6 Å². The molecule has 0 spiro atoms. The van der Waals surface area contributed by atoms with Gasteiger partial charge in [-0.05, 0) is 23.7 Å². The van der Waals surface area contributed by atoms with Gasteiger partial charge in [-0.3, -0.25) is 0 Å². The predicted molar refractivity (Wildman–Crippen MR) is 166 cm³/mol. The van der Waals surface area contributed by atoms with Crippen molar-refractivity contribution in [3.8, 4) is 22.5 Å². The summed E-state index contributed by atoms with van der Waals surface area (Å²) in [6, 6.07) is 27.4. The van der Waals surface area contributed by atoms with Crippen LogP contribution in [-0.4, -0.2) is 23.2 Å².